The number of carbonyl (C=O) groups is 1. The summed E-state index contributed by atoms with van der Waals surface area (Å²) < 4.78 is 17.9. The van der Waals surface area contributed by atoms with Gasteiger partial charge in [-0.15, -0.1) is 0 Å². The molecule has 1 atom stereocenters. The Kier molecular flexibility index (Phi) is 3.98. The van der Waals surface area contributed by atoms with Crippen LogP contribution in [0.5, 0.6) is 0 Å². The van der Waals surface area contributed by atoms with E-state index in [0.29, 0.717) is 5.75 Å². The molecule has 0 aliphatic heterocycles. The van der Waals surface area contributed by atoms with Crippen LogP contribution >= 0.6 is 15.9 Å². The Morgan fingerprint density at radius 1 is 1.22 bits per heavy atom. The van der Waals surface area contributed by atoms with Crippen molar-refractivity contribution in [3.05, 3.63) is 52.2 Å². The fraction of sp³-hybridized carbons (Fsp3) is 0.0833. The largest absolute Gasteiger partial charge is 0.475 e. The standard InChI is InChI=1S/C12H9BrO4S/c13-9-3-1-8(2-4-9)7-18(16)11-6-5-10(17-11)12(14)15/h1-6H,7H2,(H,14,15). The third-order valence-corrected chi connectivity index (χ3v) is 4.02. The van der Waals surface area contributed by atoms with Crippen LogP contribution in [0, 0.1) is 0 Å². The maximum Gasteiger partial charge on any atom is 0.371 e. The minimum Gasteiger partial charge on any atom is -0.475 e. The van der Waals surface area contributed by atoms with Crippen LogP contribution < -0.4 is 0 Å². The number of hydrogen-bond acceptors (Lipinski definition) is 3. The fourth-order valence-corrected chi connectivity index (χ4v) is 2.66. The molecule has 0 saturated heterocycles. The van der Waals surface area contributed by atoms with Crippen LogP contribution in [-0.4, -0.2) is 15.3 Å². The lowest BCUT2D eigenvalue weighted by molar-refractivity contribution is 0.0656. The van der Waals surface area contributed by atoms with Crippen LogP contribution in [0.3, 0.4) is 0 Å². The van der Waals surface area contributed by atoms with E-state index in [1.807, 2.05) is 24.3 Å². The number of furan rings is 1. The van der Waals surface area contributed by atoms with Gasteiger partial charge in [-0.1, -0.05) is 28.1 Å². The van der Waals surface area contributed by atoms with Gasteiger partial charge in [0.2, 0.25) is 5.76 Å². The van der Waals surface area contributed by atoms with Crippen molar-refractivity contribution in [3.8, 4) is 0 Å². The maximum atomic E-state index is 11.9. The van der Waals surface area contributed by atoms with Gasteiger partial charge >= 0.3 is 5.97 Å². The molecule has 0 radical (unpaired) electrons. The Morgan fingerprint density at radius 2 is 1.89 bits per heavy atom. The van der Waals surface area contributed by atoms with Crippen molar-refractivity contribution in [2.75, 3.05) is 0 Å². The van der Waals surface area contributed by atoms with E-state index in [2.05, 4.69) is 15.9 Å². The Hall–Kier alpha value is -1.40. The van der Waals surface area contributed by atoms with Gasteiger partial charge in [-0.2, -0.15) is 0 Å². The van der Waals surface area contributed by atoms with Crippen LogP contribution in [0.1, 0.15) is 16.1 Å². The van der Waals surface area contributed by atoms with Gasteiger partial charge in [0.15, 0.2) is 5.09 Å². The lowest BCUT2D eigenvalue weighted by Gasteiger charge is -2.00. The quantitative estimate of drug-likeness (QED) is 0.936. The minimum absolute atomic E-state index is 0.176. The van der Waals surface area contributed by atoms with E-state index < -0.39 is 16.8 Å². The molecule has 94 valence electrons. The van der Waals surface area contributed by atoms with E-state index in [0.717, 1.165) is 10.0 Å². The van der Waals surface area contributed by atoms with Gasteiger partial charge in [-0.3, -0.25) is 4.21 Å². The van der Waals surface area contributed by atoms with Gasteiger partial charge in [0, 0.05) is 4.47 Å². The zero-order valence-electron chi connectivity index (χ0n) is 9.13. The molecule has 1 aromatic carbocycles. The topological polar surface area (TPSA) is 67.5 Å². The second kappa shape index (κ2) is 5.49. The summed E-state index contributed by atoms with van der Waals surface area (Å²) in [6.07, 6.45) is 0. The first-order valence-corrected chi connectivity index (χ1v) is 7.13. The zero-order chi connectivity index (χ0) is 13.1. The van der Waals surface area contributed by atoms with E-state index in [-0.39, 0.29) is 10.9 Å². The summed E-state index contributed by atoms with van der Waals surface area (Å²) in [4.78, 5) is 10.6. The van der Waals surface area contributed by atoms with E-state index in [1.54, 1.807) is 0 Å². The number of halogens is 1. The average Bonchev–Trinajstić information content (AvgIpc) is 2.81. The van der Waals surface area contributed by atoms with Crippen LogP contribution in [-0.2, 0) is 16.6 Å². The molecular formula is C12H9BrO4S. The first-order valence-electron chi connectivity index (χ1n) is 5.02. The number of benzene rings is 1. The smallest absolute Gasteiger partial charge is 0.371 e. The highest BCUT2D eigenvalue weighted by Gasteiger charge is 2.14. The average molecular weight is 329 g/mol. The predicted molar refractivity (Wildman–Crippen MR) is 69.9 cm³/mol. The summed E-state index contributed by atoms with van der Waals surface area (Å²) in [5.41, 5.74) is 0.893. The van der Waals surface area contributed by atoms with E-state index in [9.17, 15) is 9.00 Å². The molecule has 2 aromatic rings. The fourth-order valence-electron chi connectivity index (χ4n) is 1.36. The first-order chi connectivity index (χ1) is 8.56. The molecule has 4 nitrogen and oxygen atoms in total. The van der Waals surface area contributed by atoms with Gasteiger partial charge in [-0.25, -0.2) is 4.79 Å². The van der Waals surface area contributed by atoms with Crippen LogP contribution in [0.15, 0.2) is 50.4 Å². The third-order valence-electron chi connectivity index (χ3n) is 2.23. The van der Waals surface area contributed by atoms with E-state index in [1.165, 1.54) is 12.1 Å². The lowest BCUT2D eigenvalue weighted by atomic mass is 10.2. The molecule has 0 spiro atoms. The van der Waals surface area contributed by atoms with Crippen molar-refractivity contribution in [3.63, 3.8) is 0 Å². The number of hydrogen-bond donors (Lipinski definition) is 1. The highest BCUT2D eigenvalue weighted by molar-refractivity contribution is 9.10. The van der Waals surface area contributed by atoms with Gasteiger partial charge in [0.1, 0.15) is 0 Å². The number of carboxylic acid groups (broad SMARTS) is 1. The molecule has 0 bridgehead atoms. The van der Waals surface area contributed by atoms with Crippen molar-refractivity contribution < 1.29 is 18.5 Å². The van der Waals surface area contributed by atoms with Crippen molar-refractivity contribution in [1.29, 1.82) is 0 Å². The van der Waals surface area contributed by atoms with Crippen LogP contribution in [0.2, 0.25) is 0 Å². The molecule has 18 heavy (non-hydrogen) atoms. The predicted octanol–water partition coefficient (Wildman–Crippen LogP) is 3.05. The molecule has 0 fully saturated rings. The molecule has 0 saturated carbocycles. The SMILES string of the molecule is O=C(O)c1ccc(S(=O)Cc2ccc(Br)cc2)o1. The minimum atomic E-state index is -1.38. The summed E-state index contributed by atoms with van der Waals surface area (Å²) in [5, 5.41) is 8.88. The second-order valence-electron chi connectivity index (χ2n) is 3.54. The van der Waals surface area contributed by atoms with Crippen molar-refractivity contribution in [2.45, 2.75) is 10.8 Å². The monoisotopic (exact) mass is 328 g/mol. The van der Waals surface area contributed by atoms with Crippen molar-refractivity contribution in [2.24, 2.45) is 0 Å². The number of aromatic carboxylic acids is 1. The Morgan fingerprint density at radius 3 is 2.44 bits per heavy atom. The molecule has 1 aromatic heterocycles. The summed E-state index contributed by atoms with van der Waals surface area (Å²) >= 11 is 3.32. The Bertz CT molecular complexity index is 588. The molecule has 0 aliphatic carbocycles. The highest BCUT2D eigenvalue weighted by Crippen LogP contribution is 2.17. The summed E-state index contributed by atoms with van der Waals surface area (Å²) in [7, 11) is -1.38. The second-order valence-corrected chi connectivity index (χ2v) is 5.84. The van der Waals surface area contributed by atoms with E-state index in [4.69, 9.17) is 9.52 Å². The molecule has 1 heterocycles. The lowest BCUT2D eigenvalue weighted by Crippen LogP contribution is -1.96. The van der Waals surface area contributed by atoms with E-state index >= 15 is 0 Å². The molecular weight excluding hydrogens is 320 g/mol. The van der Waals surface area contributed by atoms with Crippen LogP contribution in [0.25, 0.3) is 0 Å². The summed E-state index contributed by atoms with van der Waals surface area (Å²) in [6, 6.07) is 10.1. The first kappa shape index (κ1) is 13.0. The molecule has 1 N–H and O–H groups in total. The van der Waals surface area contributed by atoms with Gasteiger partial charge < -0.3 is 9.52 Å². The molecule has 0 aliphatic rings. The number of rotatable bonds is 4. The van der Waals surface area contributed by atoms with Gasteiger partial charge in [0.05, 0.1) is 16.6 Å². The Labute approximate surface area is 114 Å². The normalized spacial score (nSPS) is 12.3. The molecule has 2 rings (SSSR count). The highest BCUT2D eigenvalue weighted by atomic mass is 79.9. The van der Waals surface area contributed by atoms with Gasteiger partial charge in [0.25, 0.3) is 0 Å². The zero-order valence-corrected chi connectivity index (χ0v) is 11.5. The number of carboxylic acids is 1. The van der Waals surface area contributed by atoms with Crippen LogP contribution in [0.4, 0.5) is 0 Å². The Balaban J connectivity index is 2.11. The summed E-state index contributed by atoms with van der Waals surface area (Å²) in [5.74, 6) is -1.07. The third kappa shape index (κ3) is 3.08. The van der Waals surface area contributed by atoms with Crippen molar-refractivity contribution >= 4 is 32.7 Å². The molecule has 0 amide bonds. The summed E-state index contributed by atoms with van der Waals surface area (Å²) in [6.45, 7) is 0. The molecule has 1 unspecified atom stereocenters. The van der Waals surface area contributed by atoms with Gasteiger partial charge in [-0.05, 0) is 29.8 Å². The van der Waals surface area contributed by atoms with Crippen molar-refractivity contribution in [1.82, 2.24) is 0 Å². The molecule has 6 heteroatoms. The maximum absolute atomic E-state index is 11.9.